The molecule has 0 aliphatic carbocycles. The zero-order valence-electron chi connectivity index (χ0n) is 22.4. The summed E-state index contributed by atoms with van der Waals surface area (Å²) in [4.78, 5) is 31.2. The number of nitriles is 1. The van der Waals surface area contributed by atoms with Crippen LogP contribution in [-0.4, -0.2) is 39.3 Å². The molecule has 8 heteroatoms. The third-order valence-corrected chi connectivity index (χ3v) is 8.59. The van der Waals surface area contributed by atoms with Gasteiger partial charge in [-0.2, -0.15) is 5.26 Å². The van der Waals surface area contributed by atoms with Gasteiger partial charge in [-0.15, -0.1) is 0 Å². The number of hydrogen-bond donors (Lipinski definition) is 0. The van der Waals surface area contributed by atoms with Crippen molar-refractivity contribution in [3.63, 3.8) is 0 Å². The zero-order valence-corrected chi connectivity index (χ0v) is 24.1. The highest BCUT2D eigenvalue weighted by Crippen LogP contribution is 2.37. The highest BCUT2D eigenvalue weighted by molar-refractivity contribution is 8.26. The van der Waals surface area contributed by atoms with Crippen molar-refractivity contribution in [2.24, 2.45) is 11.8 Å². The van der Waals surface area contributed by atoms with Crippen LogP contribution in [-0.2, 0) is 11.3 Å². The standard InChI is InChI=1S/C28H40N4O2S2/c1-6-8-9-10-11-12-13-32-27(34)24(36-28(32)35)15-22-21(5)23(16-29)26(33)31(7-2)25(22)30-17-19(3)14-20(4)18-30/h15,19-20H,6-14,17-18H2,1-5H3/b24-15+. The Kier molecular flexibility index (Phi) is 10.2. The molecule has 2 aliphatic rings. The van der Waals surface area contributed by atoms with Crippen LogP contribution < -0.4 is 10.5 Å². The first-order chi connectivity index (χ1) is 17.2. The number of carbonyl (C=O) groups is 1. The van der Waals surface area contributed by atoms with E-state index in [1.165, 1.54) is 37.4 Å². The number of thiocarbonyl (C=S) groups is 1. The van der Waals surface area contributed by atoms with E-state index in [0.29, 0.717) is 39.7 Å². The number of pyridine rings is 1. The SMILES string of the molecule is CCCCCCCCN1C(=O)/C(=C\c2c(C)c(C#N)c(=O)n(CC)c2N2CC(C)CC(C)C2)SC1=S. The number of thioether (sulfide) groups is 1. The molecule has 3 heterocycles. The fourth-order valence-electron chi connectivity index (χ4n) is 5.49. The minimum Gasteiger partial charge on any atom is -0.357 e. The van der Waals surface area contributed by atoms with Gasteiger partial charge in [0.15, 0.2) is 0 Å². The summed E-state index contributed by atoms with van der Waals surface area (Å²) in [6.45, 7) is 13.2. The van der Waals surface area contributed by atoms with Crippen LogP contribution in [0.3, 0.4) is 0 Å². The van der Waals surface area contributed by atoms with E-state index in [1.54, 1.807) is 9.47 Å². The van der Waals surface area contributed by atoms with Crippen LogP contribution >= 0.6 is 24.0 Å². The van der Waals surface area contributed by atoms with Crippen LogP contribution in [0.5, 0.6) is 0 Å². The molecule has 0 N–H and O–H groups in total. The Labute approximate surface area is 225 Å². The molecular formula is C28H40N4O2S2. The summed E-state index contributed by atoms with van der Waals surface area (Å²) < 4.78 is 2.29. The highest BCUT2D eigenvalue weighted by Gasteiger charge is 2.33. The number of anilines is 1. The van der Waals surface area contributed by atoms with Crippen LogP contribution in [0.4, 0.5) is 5.82 Å². The van der Waals surface area contributed by atoms with Crippen LogP contribution in [0.2, 0.25) is 0 Å². The zero-order chi connectivity index (χ0) is 26.4. The van der Waals surface area contributed by atoms with Crippen molar-refractivity contribution in [1.29, 1.82) is 5.26 Å². The van der Waals surface area contributed by atoms with Crippen LogP contribution in [0, 0.1) is 30.1 Å². The smallest absolute Gasteiger partial charge is 0.270 e. The lowest BCUT2D eigenvalue weighted by Crippen LogP contribution is -2.42. The summed E-state index contributed by atoms with van der Waals surface area (Å²) in [6, 6.07) is 2.12. The second kappa shape index (κ2) is 12.9. The van der Waals surface area contributed by atoms with Crippen molar-refractivity contribution in [2.45, 2.75) is 86.1 Å². The van der Waals surface area contributed by atoms with E-state index in [0.717, 1.165) is 43.7 Å². The average Bonchev–Trinajstić information content (AvgIpc) is 3.09. The number of nitrogens with zero attached hydrogens (tertiary/aromatic N) is 4. The first-order valence-electron chi connectivity index (χ1n) is 13.4. The second-order valence-electron chi connectivity index (χ2n) is 10.4. The number of unbranched alkanes of at least 4 members (excludes halogenated alkanes) is 5. The molecule has 196 valence electrons. The number of hydrogen-bond acceptors (Lipinski definition) is 6. The molecule has 3 rings (SSSR count). The van der Waals surface area contributed by atoms with Gasteiger partial charge in [0.25, 0.3) is 11.5 Å². The van der Waals surface area contributed by atoms with Gasteiger partial charge in [0.2, 0.25) is 0 Å². The fraction of sp³-hybridized carbons (Fsp3) is 0.643. The monoisotopic (exact) mass is 528 g/mol. The first kappa shape index (κ1) is 28.5. The van der Waals surface area contributed by atoms with E-state index in [9.17, 15) is 14.9 Å². The lowest BCUT2D eigenvalue weighted by atomic mass is 9.91. The van der Waals surface area contributed by atoms with Crippen molar-refractivity contribution in [1.82, 2.24) is 9.47 Å². The molecule has 2 saturated heterocycles. The Morgan fingerprint density at radius 1 is 1.08 bits per heavy atom. The molecule has 2 unspecified atom stereocenters. The average molecular weight is 529 g/mol. The quantitative estimate of drug-likeness (QED) is 0.208. The summed E-state index contributed by atoms with van der Waals surface area (Å²) >= 11 is 6.90. The van der Waals surface area contributed by atoms with Gasteiger partial charge in [0.1, 0.15) is 21.8 Å². The minimum absolute atomic E-state index is 0.0722. The van der Waals surface area contributed by atoms with Crippen molar-refractivity contribution >= 4 is 46.1 Å². The van der Waals surface area contributed by atoms with E-state index >= 15 is 0 Å². The maximum absolute atomic E-state index is 13.4. The van der Waals surface area contributed by atoms with Crippen LogP contribution in [0.15, 0.2) is 9.70 Å². The Bertz CT molecular complexity index is 1110. The Balaban J connectivity index is 1.98. The fourth-order valence-corrected chi connectivity index (χ4v) is 6.78. The topological polar surface area (TPSA) is 69.3 Å². The van der Waals surface area contributed by atoms with Gasteiger partial charge in [-0.05, 0) is 50.2 Å². The molecule has 1 amide bonds. The summed E-state index contributed by atoms with van der Waals surface area (Å²) in [7, 11) is 0. The molecular weight excluding hydrogens is 488 g/mol. The minimum atomic E-state index is -0.258. The predicted octanol–water partition coefficient (Wildman–Crippen LogP) is 6.09. The van der Waals surface area contributed by atoms with Gasteiger partial charge in [-0.1, -0.05) is 76.9 Å². The number of piperidine rings is 1. The lowest BCUT2D eigenvalue weighted by molar-refractivity contribution is -0.122. The van der Waals surface area contributed by atoms with Gasteiger partial charge in [-0.3, -0.25) is 19.1 Å². The number of amides is 1. The molecule has 2 aliphatic heterocycles. The number of rotatable bonds is 10. The molecule has 0 saturated carbocycles. The summed E-state index contributed by atoms with van der Waals surface area (Å²) in [5.41, 5.74) is 1.31. The summed E-state index contributed by atoms with van der Waals surface area (Å²) in [6.07, 6.45) is 9.95. The van der Waals surface area contributed by atoms with Crippen LogP contribution in [0.1, 0.15) is 89.3 Å². The number of carbonyl (C=O) groups excluding carboxylic acids is 1. The maximum atomic E-state index is 13.4. The van der Waals surface area contributed by atoms with Gasteiger partial charge < -0.3 is 4.90 Å². The number of aromatic nitrogens is 1. The molecule has 2 atom stereocenters. The van der Waals surface area contributed by atoms with Crippen molar-refractivity contribution in [2.75, 3.05) is 24.5 Å². The van der Waals surface area contributed by atoms with Crippen molar-refractivity contribution in [3.05, 3.63) is 31.9 Å². The van der Waals surface area contributed by atoms with Gasteiger partial charge >= 0.3 is 0 Å². The molecule has 2 fully saturated rings. The largest absolute Gasteiger partial charge is 0.357 e. The molecule has 0 radical (unpaired) electrons. The van der Waals surface area contributed by atoms with E-state index in [1.807, 2.05) is 19.9 Å². The van der Waals surface area contributed by atoms with Crippen LogP contribution in [0.25, 0.3) is 6.08 Å². The second-order valence-corrected chi connectivity index (χ2v) is 12.0. The lowest BCUT2D eigenvalue weighted by Gasteiger charge is -2.38. The summed E-state index contributed by atoms with van der Waals surface area (Å²) in [5, 5.41) is 9.80. The Morgan fingerprint density at radius 2 is 1.72 bits per heavy atom. The van der Waals surface area contributed by atoms with Gasteiger partial charge in [0.05, 0.1) is 4.91 Å². The molecule has 0 aromatic carbocycles. The van der Waals surface area contributed by atoms with Gasteiger partial charge in [0, 0.05) is 31.7 Å². The molecule has 0 bridgehead atoms. The van der Waals surface area contributed by atoms with Gasteiger partial charge in [-0.25, -0.2) is 0 Å². The Hall–Kier alpha value is -2.11. The molecule has 6 nitrogen and oxygen atoms in total. The molecule has 0 spiro atoms. The summed E-state index contributed by atoms with van der Waals surface area (Å²) in [5.74, 6) is 1.73. The highest BCUT2D eigenvalue weighted by atomic mass is 32.2. The van der Waals surface area contributed by atoms with Crippen molar-refractivity contribution in [3.8, 4) is 6.07 Å². The van der Waals surface area contributed by atoms with E-state index in [2.05, 4.69) is 31.7 Å². The molecule has 36 heavy (non-hydrogen) atoms. The van der Waals surface area contributed by atoms with E-state index in [-0.39, 0.29) is 17.0 Å². The van der Waals surface area contributed by atoms with Crippen molar-refractivity contribution < 1.29 is 4.79 Å². The third kappa shape index (κ3) is 6.23. The Morgan fingerprint density at radius 3 is 2.33 bits per heavy atom. The molecule has 1 aromatic rings. The van der Waals surface area contributed by atoms with E-state index in [4.69, 9.17) is 12.2 Å². The molecule has 1 aromatic heterocycles. The third-order valence-electron chi connectivity index (χ3n) is 7.22. The normalized spacial score (nSPS) is 21.5. The predicted molar refractivity (Wildman–Crippen MR) is 154 cm³/mol. The first-order valence-corrected chi connectivity index (χ1v) is 14.6. The maximum Gasteiger partial charge on any atom is 0.270 e. The van der Waals surface area contributed by atoms with E-state index < -0.39 is 0 Å².